The van der Waals surface area contributed by atoms with Crippen LogP contribution in [-0.4, -0.2) is 71.1 Å². The lowest BCUT2D eigenvalue weighted by molar-refractivity contribution is -0.193. The molecule has 2 aliphatic heterocycles. The number of aliphatic carboxylic acids is 2. The summed E-state index contributed by atoms with van der Waals surface area (Å²) in [6.45, 7) is 2.15. The molecule has 8 nitrogen and oxygen atoms in total. The van der Waals surface area contributed by atoms with Crippen LogP contribution < -0.4 is 0 Å². The standard InChI is InChI=1S/C20H18N2O2S2.2C2HF3O2/c23-26(24)19-2-1-15(16-5-8-25-13-16)9-17(19)18-11-22(12-20(18)26)10-14-3-6-21-7-4-14;2*3-2(4,5)1(6)7/h1-9,13,18,20H,10-12H2;2*(H,6,7). The number of rotatable bonds is 3. The Labute approximate surface area is 227 Å². The number of aromatic nitrogens is 1. The summed E-state index contributed by atoms with van der Waals surface area (Å²) in [6, 6.07) is 11.9. The summed E-state index contributed by atoms with van der Waals surface area (Å²) in [4.78, 5) is 24.6. The van der Waals surface area contributed by atoms with Gasteiger partial charge in [0, 0.05) is 37.9 Å². The fraction of sp³-hybridized carbons (Fsp3) is 0.292. The average Bonchev–Trinajstić information content (AvgIpc) is 3.58. The SMILES string of the molecule is O=C(O)C(F)(F)F.O=C(O)C(F)(F)F.O=S1(=O)c2ccc(-c3ccsc3)cc2C2CN(Cc3ccncc3)CC21. The van der Waals surface area contributed by atoms with Gasteiger partial charge >= 0.3 is 24.3 Å². The van der Waals surface area contributed by atoms with Gasteiger partial charge in [-0.15, -0.1) is 0 Å². The van der Waals surface area contributed by atoms with Crippen molar-refractivity contribution in [2.24, 2.45) is 0 Å². The van der Waals surface area contributed by atoms with Crippen LogP contribution in [0.4, 0.5) is 26.3 Å². The maximum absolute atomic E-state index is 13.0. The van der Waals surface area contributed by atoms with Crippen LogP contribution in [0, 0.1) is 0 Å². The van der Waals surface area contributed by atoms with E-state index in [2.05, 4.69) is 27.4 Å². The van der Waals surface area contributed by atoms with Crippen LogP contribution in [0.2, 0.25) is 0 Å². The quantitative estimate of drug-likeness (QED) is 0.404. The molecule has 2 aromatic heterocycles. The van der Waals surface area contributed by atoms with Crippen molar-refractivity contribution in [1.29, 1.82) is 0 Å². The van der Waals surface area contributed by atoms with Crippen molar-refractivity contribution in [2.45, 2.75) is 35.0 Å². The van der Waals surface area contributed by atoms with Crippen LogP contribution in [0.25, 0.3) is 11.1 Å². The molecule has 2 unspecified atom stereocenters. The van der Waals surface area contributed by atoms with E-state index < -0.39 is 34.1 Å². The second-order valence-electron chi connectivity index (χ2n) is 8.61. The molecule has 40 heavy (non-hydrogen) atoms. The minimum absolute atomic E-state index is 0.0652. The summed E-state index contributed by atoms with van der Waals surface area (Å²) in [5.74, 6) is -5.45. The Morgan fingerprint density at radius 1 is 0.925 bits per heavy atom. The predicted molar refractivity (Wildman–Crippen MR) is 130 cm³/mol. The number of sulfone groups is 1. The highest BCUT2D eigenvalue weighted by atomic mass is 32.2. The molecule has 0 bridgehead atoms. The molecule has 2 aliphatic rings. The molecule has 5 rings (SSSR count). The molecule has 1 fully saturated rings. The first-order chi connectivity index (χ1) is 18.5. The zero-order valence-electron chi connectivity index (χ0n) is 20.1. The van der Waals surface area contributed by atoms with Crippen LogP contribution in [0.5, 0.6) is 0 Å². The number of carboxylic acid groups (broad SMARTS) is 2. The molecule has 0 amide bonds. The first-order valence-corrected chi connectivity index (χ1v) is 13.6. The Bertz CT molecular complexity index is 1420. The second-order valence-corrected chi connectivity index (χ2v) is 11.5. The predicted octanol–water partition coefficient (Wildman–Crippen LogP) is 4.83. The summed E-state index contributed by atoms with van der Waals surface area (Å²) in [5, 5.41) is 18.1. The highest BCUT2D eigenvalue weighted by Crippen LogP contribution is 2.46. The fourth-order valence-electron chi connectivity index (χ4n) is 4.21. The molecule has 2 N–H and O–H groups in total. The third-order valence-corrected chi connectivity index (χ3v) is 8.89. The lowest BCUT2D eigenvalue weighted by atomic mass is 9.95. The summed E-state index contributed by atoms with van der Waals surface area (Å²) in [6.07, 6.45) is -6.60. The van der Waals surface area contributed by atoms with E-state index in [1.165, 1.54) is 5.56 Å². The van der Waals surface area contributed by atoms with Crippen LogP contribution in [0.1, 0.15) is 17.0 Å². The van der Waals surface area contributed by atoms with Gasteiger partial charge in [0.15, 0.2) is 9.84 Å². The number of nitrogens with zero attached hydrogens (tertiary/aromatic N) is 2. The number of pyridine rings is 1. The minimum atomic E-state index is -5.08. The molecule has 0 saturated carbocycles. The third kappa shape index (κ3) is 7.37. The molecular weight excluding hydrogens is 590 g/mol. The van der Waals surface area contributed by atoms with Gasteiger partial charge in [0.25, 0.3) is 0 Å². The number of benzene rings is 1. The van der Waals surface area contributed by atoms with E-state index in [1.807, 2.05) is 29.6 Å². The van der Waals surface area contributed by atoms with Gasteiger partial charge in [0.1, 0.15) is 0 Å². The van der Waals surface area contributed by atoms with Gasteiger partial charge in [0.05, 0.1) is 10.1 Å². The summed E-state index contributed by atoms with van der Waals surface area (Å²) < 4.78 is 89.5. The van der Waals surface area contributed by atoms with Gasteiger partial charge in [-0.05, 0) is 63.3 Å². The lowest BCUT2D eigenvalue weighted by Gasteiger charge is -2.17. The lowest BCUT2D eigenvalue weighted by Crippen LogP contribution is -2.25. The van der Waals surface area contributed by atoms with E-state index in [1.54, 1.807) is 23.7 Å². The van der Waals surface area contributed by atoms with E-state index in [4.69, 9.17) is 19.8 Å². The van der Waals surface area contributed by atoms with Gasteiger partial charge in [-0.3, -0.25) is 9.88 Å². The number of alkyl halides is 6. The van der Waals surface area contributed by atoms with Gasteiger partial charge in [0.2, 0.25) is 0 Å². The third-order valence-electron chi connectivity index (χ3n) is 5.95. The molecule has 0 aliphatic carbocycles. The Kier molecular flexibility index (Phi) is 9.26. The molecule has 2 atom stereocenters. The molecule has 216 valence electrons. The van der Waals surface area contributed by atoms with Crippen molar-refractivity contribution in [3.8, 4) is 11.1 Å². The number of halogens is 6. The van der Waals surface area contributed by atoms with E-state index >= 15 is 0 Å². The number of thiophene rings is 1. The molecule has 1 aromatic carbocycles. The van der Waals surface area contributed by atoms with Gasteiger partial charge in [-0.1, -0.05) is 6.07 Å². The topological polar surface area (TPSA) is 125 Å². The second kappa shape index (κ2) is 11.9. The van der Waals surface area contributed by atoms with E-state index in [0.717, 1.165) is 29.8 Å². The molecular formula is C24H20F6N2O6S2. The number of likely N-dealkylation sites (tertiary alicyclic amines) is 1. The smallest absolute Gasteiger partial charge is 0.475 e. The van der Waals surface area contributed by atoms with Crippen LogP contribution in [-0.2, 0) is 26.0 Å². The zero-order chi connectivity index (χ0) is 29.9. The molecule has 0 spiro atoms. The van der Waals surface area contributed by atoms with Crippen molar-refractivity contribution < 1.29 is 54.6 Å². The van der Waals surface area contributed by atoms with Crippen molar-refractivity contribution >= 4 is 33.1 Å². The normalized spacial score (nSPS) is 19.4. The van der Waals surface area contributed by atoms with Gasteiger partial charge in [-0.2, -0.15) is 37.7 Å². The minimum Gasteiger partial charge on any atom is -0.475 e. The summed E-state index contributed by atoms with van der Waals surface area (Å²) in [5.41, 5.74) is 4.43. The number of hydrogen-bond donors (Lipinski definition) is 2. The van der Waals surface area contributed by atoms with Crippen molar-refractivity contribution in [3.63, 3.8) is 0 Å². The maximum atomic E-state index is 13.0. The summed E-state index contributed by atoms with van der Waals surface area (Å²) >= 11 is 1.66. The molecule has 1 saturated heterocycles. The van der Waals surface area contributed by atoms with Crippen LogP contribution in [0.3, 0.4) is 0 Å². The zero-order valence-corrected chi connectivity index (χ0v) is 21.7. The number of carboxylic acids is 2. The van der Waals surface area contributed by atoms with E-state index in [-0.39, 0.29) is 11.2 Å². The van der Waals surface area contributed by atoms with Crippen molar-refractivity contribution in [2.75, 3.05) is 13.1 Å². The Morgan fingerprint density at radius 2 is 1.50 bits per heavy atom. The first kappa shape index (κ1) is 31.0. The van der Waals surface area contributed by atoms with Crippen LogP contribution >= 0.6 is 11.3 Å². The van der Waals surface area contributed by atoms with Crippen LogP contribution in [0.15, 0.2) is 64.4 Å². The number of carbonyl (C=O) groups is 2. The van der Waals surface area contributed by atoms with Crippen molar-refractivity contribution in [3.05, 3.63) is 70.7 Å². The molecule has 4 heterocycles. The van der Waals surface area contributed by atoms with Gasteiger partial charge in [-0.25, -0.2) is 18.0 Å². The Balaban J connectivity index is 0.000000263. The average molecular weight is 611 g/mol. The number of hydrogen-bond acceptors (Lipinski definition) is 7. The van der Waals surface area contributed by atoms with E-state index in [9.17, 15) is 34.8 Å². The maximum Gasteiger partial charge on any atom is 0.490 e. The highest BCUT2D eigenvalue weighted by molar-refractivity contribution is 7.92. The molecule has 0 radical (unpaired) electrons. The molecule has 3 aromatic rings. The highest BCUT2D eigenvalue weighted by Gasteiger charge is 2.50. The summed E-state index contributed by atoms with van der Waals surface area (Å²) in [7, 11) is -3.25. The fourth-order valence-corrected chi connectivity index (χ4v) is 7.07. The first-order valence-electron chi connectivity index (χ1n) is 11.1. The molecule has 16 heteroatoms. The van der Waals surface area contributed by atoms with Gasteiger partial charge < -0.3 is 10.2 Å². The monoisotopic (exact) mass is 610 g/mol. The largest absolute Gasteiger partial charge is 0.490 e. The van der Waals surface area contributed by atoms with E-state index in [0.29, 0.717) is 11.4 Å². The Morgan fingerprint density at radius 3 is 2.00 bits per heavy atom. The number of fused-ring (bicyclic) bond motifs is 3. The van der Waals surface area contributed by atoms with Crippen molar-refractivity contribution in [1.82, 2.24) is 9.88 Å². The Hall–Kier alpha value is -3.50.